The van der Waals surface area contributed by atoms with Crippen LogP contribution in [0.1, 0.15) is 0 Å². The first-order valence-electron chi connectivity index (χ1n) is 9.67. The third-order valence-electron chi connectivity index (χ3n) is 2.11. The standard InChI is InChI=1S/C10H15N6O.6FH2O3P/c1-14(2)10(15(3)4)17-16-9-8(12-13-16)6-5-7-11-9;6*1-5(2,3)4/h5-7H,1-4H3;6*(H2,2,3,4)/q+1;;;;;;. The quantitative estimate of drug-likeness (QED) is 0.0578. The summed E-state index contributed by atoms with van der Waals surface area (Å²) in [5, 5.41) is 7.87. The van der Waals surface area contributed by atoms with Crippen molar-refractivity contribution in [2.75, 3.05) is 28.2 Å². The van der Waals surface area contributed by atoms with Gasteiger partial charge in [-0.1, -0.05) is 0 Å². The van der Waals surface area contributed by atoms with Crippen molar-refractivity contribution in [3.63, 3.8) is 0 Å². The maximum absolute atomic E-state index is 10.4. The van der Waals surface area contributed by atoms with Crippen LogP contribution in [-0.4, -0.2) is 123 Å². The Labute approximate surface area is 257 Å². The van der Waals surface area contributed by atoms with E-state index in [0.717, 1.165) is 0 Å². The summed E-state index contributed by atoms with van der Waals surface area (Å²) in [4.78, 5) is 96.6. The Bertz CT molecular complexity index is 1290. The van der Waals surface area contributed by atoms with Gasteiger partial charge >= 0.3 is 53.5 Å². The van der Waals surface area contributed by atoms with Gasteiger partial charge in [-0.2, -0.15) is 0 Å². The maximum Gasteiger partial charge on any atom is 0.507 e. The minimum Gasteiger partial charge on any atom is -0.299 e. The highest BCUT2D eigenvalue weighted by Crippen LogP contribution is 2.37. The van der Waals surface area contributed by atoms with E-state index in [1.807, 2.05) is 49.8 Å². The van der Waals surface area contributed by atoms with Crippen LogP contribution in [0, 0.1) is 0 Å². The molecule has 2 rings (SSSR count). The average Bonchev–Trinajstić information content (AvgIpc) is 3.07. The van der Waals surface area contributed by atoms with Crippen molar-refractivity contribution in [1.29, 1.82) is 0 Å². The lowest BCUT2D eigenvalue weighted by molar-refractivity contribution is -0.480. The van der Waals surface area contributed by atoms with Crippen LogP contribution < -0.4 is 4.84 Å². The van der Waals surface area contributed by atoms with Crippen molar-refractivity contribution in [3.8, 4) is 0 Å². The van der Waals surface area contributed by atoms with Crippen LogP contribution in [0.25, 0.3) is 11.2 Å². The van der Waals surface area contributed by atoms with E-state index in [2.05, 4.69) is 15.3 Å². The number of hydrogen-bond donors (Lipinski definition) is 12. The molecule has 37 heteroatoms. The first kappa shape index (κ1) is 54.7. The molecule has 47 heavy (non-hydrogen) atoms. The number of nitrogens with zero attached hydrogens (tertiary/aromatic N) is 6. The van der Waals surface area contributed by atoms with Gasteiger partial charge in [0.05, 0.1) is 28.2 Å². The summed E-state index contributed by atoms with van der Waals surface area (Å²) in [7, 11) is -23.3. The van der Waals surface area contributed by atoms with E-state index in [-0.39, 0.29) is 0 Å². The Morgan fingerprint density at radius 1 is 0.681 bits per heavy atom. The van der Waals surface area contributed by atoms with Crippen molar-refractivity contribution in [2.45, 2.75) is 0 Å². The highest BCUT2D eigenvalue weighted by molar-refractivity contribution is 7.46. The molecule has 25 nitrogen and oxygen atoms in total. The minimum atomic E-state index is -5.14. The smallest absolute Gasteiger partial charge is 0.299 e. The summed E-state index contributed by atoms with van der Waals surface area (Å²) < 4.78 is 116. The lowest BCUT2D eigenvalue weighted by Gasteiger charge is -2.09. The third-order valence-corrected chi connectivity index (χ3v) is 2.11. The second-order valence-electron chi connectivity index (χ2n) is 6.81. The molecule has 0 atom stereocenters. The number of hydrogen-bond acceptors (Lipinski definition) is 10. The molecular weight excluding hydrogens is 808 g/mol. The zero-order valence-electron chi connectivity index (χ0n) is 23.1. The normalized spacial score (nSPS) is 11.3. The molecule has 2 heterocycles. The molecule has 0 saturated heterocycles. The number of pyridine rings is 1. The van der Waals surface area contributed by atoms with Crippen LogP contribution in [0.4, 0.5) is 25.2 Å². The van der Waals surface area contributed by atoms with Gasteiger partial charge in [0.15, 0.2) is 0 Å². The van der Waals surface area contributed by atoms with E-state index >= 15 is 0 Å². The van der Waals surface area contributed by atoms with Crippen LogP contribution in [0.5, 0.6) is 0 Å². The van der Waals surface area contributed by atoms with Gasteiger partial charge in [0.25, 0.3) is 0 Å². The molecule has 0 radical (unpaired) electrons. The molecule has 0 bridgehead atoms. The third kappa shape index (κ3) is 86.3. The number of fused-ring (bicyclic) bond motifs is 1. The molecule has 0 aliphatic carbocycles. The summed E-state index contributed by atoms with van der Waals surface area (Å²) >= 11 is 0. The fourth-order valence-electron chi connectivity index (χ4n) is 1.45. The van der Waals surface area contributed by atoms with E-state index in [9.17, 15) is 25.2 Å². The topological polar surface area (TPSA) is 404 Å². The Hall–Kier alpha value is -1.70. The number of rotatable bonds is 1. The van der Waals surface area contributed by atoms with Crippen LogP contribution in [-0.2, 0) is 27.4 Å². The summed E-state index contributed by atoms with van der Waals surface area (Å²) in [5.41, 5.74) is 1.29. The van der Waals surface area contributed by atoms with E-state index < -0.39 is 47.4 Å². The van der Waals surface area contributed by atoms with E-state index in [4.69, 9.17) is 90.9 Å². The molecule has 0 fully saturated rings. The van der Waals surface area contributed by atoms with E-state index in [1.165, 1.54) is 4.85 Å². The van der Waals surface area contributed by atoms with Gasteiger partial charge < -0.3 is 0 Å². The average molecular weight is 835 g/mol. The number of halogens is 6. The second kappa shape index (κ2) is 23.6. The Balaban J connectivity index is -0.000000164. The molecule has 0 unspecified atom stereocenters. The van der Waals surface area contributed by atoms with Crippen molar-refractivity contribution in [3.05, 3.63) is 18.3 Å². The highest BCUT2D eigenvalue weighted by Gasteiger charge is 2.18. The summed E-state index contributed by atoms with van der Waals surface area (Å²) in [6.07, 6.45) is 1.68. The fourth-order valence-corrected chi connectivity index (χ4v) is 1.45. The molecule has 2 aromatic heterocycles. The first-order valence-corrected chi connectivity index (χ1v) is 18.7. The molecule has 0 spiro atoms. The molecule has 282 valence electrons. The van der Waals surface area contributed by atoms with Crippen LogP contribution in [0.3, 0.4) is 0 Å². The van der Waals surface area contributed by atoms with Crippen molar-refractivity contribution >= 4 is 64.6 Å². The number of amidine groups is 1. The monoisotopic (exact) mass is 835 g/mol. The largest absolute Gasteiger partial charge is 0.507 e. The van der Waals surface area contributed by atoms with Crippen LogP contribution in [0.2, 0.25) is 0 Å². The zero-order valence-corrected chi connectivity index (χ0v) is 28.5. The van der Waals surface area contributed by atoms with Gasteiger partial charge in [0.1, 0.15) is 5.52 Å². The van der Waals surface area contributed by atoms with Gasteiger partial charge in [-0.25, -0.2) is 41.8 Å². The molecule has 0 amide bonds. The molecule has 12 N–H and O–H groups in total. The fraction of sp³-hybridized carbons (Fsp3) is 0.400. The van der Waals surface area contributed by atoms with E-state index in [0.29, 0.717) is 17.2 Å². The lowest BCUT2D eigenvalue weighted by Crippen LogP contribution is -2.39. The van der Waals surface area contributed by atoms with Gasteiger partial charge in [-0.05, 0) is 22.2 Å². The highest BCUT2D eigenvalue weighted by atomic mass is 31.2. The van der Waals surface area contributed by atoms with Crippen LogP contribution in [0.15, 0.2) is 18.3 Å². The molecular formula is C10H27F6N6O19P6+. The summed E-state index contributed by atoms with van der Waals surface area (Å²) in [6.45, 7) is 0. The first-order chi connectivity index (χ1) is 20.1. The summed E-state index contributed by atoms with van der Waals surface area (Å²) in [6, 6.07) is 4.28. The van der Waals surface area contributed by atoms with Crippen molar-refractivity contribution < 1.29 is 121 Å². The Morgan fingerprint density at radius 3 is 1.19 bits per heavy atom. The molecule has 2 aromatic rings. The molecule has 0 aliphatic heterocycles. The van der Waals surface area contributed by atoms with Gasteiger partial charge in [-0.3, -0.25) is 63.6 Å². The molecule has 0 aliphatic rings. The Kier molecular flexibility index (Phi) is 27.5. The van der Waals surface area contributed by atoms with Crippen molar-refractivity contribution in [1.82, 2.24) is 25.0 Å². The molecule has 0 aromatic carbocycles. The van der Waals surface area contributed by atoms with Crippen molar-refractivity contribution in [2.24, 2.45) is 0 Å². The van der Waals surface area contributed by atoms with Gasteiger partial charge in [-0.15, -0.1) is 30.3 Å². The minimum absolute atomic E-state index is 0.591. The SMILES string of the molecule is CN(C)C(On1nnc2cccnc21)=[N+](C)C.O=P(O)(O)F.O=P(O)(O)F.O=P(O)(O)F.O=P(O)(O)F.O=P(O)(O)F.O=P(O)(O)F. The predicted octanol–water partition coefficient (Wildman–Crippen LogP) is -0.264. The maximum atomic E-state index is 10.4. The van der Waals surface area contributed by atoms with E-state index in [1.54, 1.807) is 6.20 Å². The zero-order chi connectivity index (χ0) is 39.4. The lowest BCUT2D eigenvalue weighted by atomic mass is 10.4. The van der Waals surface area contributed by atoms with Gasteiger partial charge in [0.2, 0.25) is 5.65 Å². The predicted molar refractivity (Wildman–Crippen MR) is 142 cm³/mol. The Morgan fingerprint density at radius 2 is 0.957 bits per heavy atom. The van der Waals surface area contributed by atoms with Crippen LogP contribution >= 0.6 is 47.4 Å². The van der Waals surface area contributed by atoms with Gasteiger partial charge in [0, 0.05) is 6.20 Å². The second-order valence-corrected chi connectivity index (χ2v) is 12.5. The number of aromatic nitrogens is 4. The molecule has 0 saturated carbocycles. The summed E-state index contributed by atoms with van der Waals surface area (Å²) in [5.74, 6) is 0.